The second-order valence-electron chi connectivity index (χ2n) is 14.9. The van der Waals surface area contributed by atoms with Crippen LogP contribution in [-0.4, -0.2) is 48.8 Å². The molecule has 0 fully saturated rings. The Bertz CT molecular complexity index is 3490. The van der Waals surface area contributed by atoms with E-state index in [2.05, 4.69) is 115 Å². The van der Waals surface area contributed by atoms with Gasteiger partial charge in [0.05, 0.1) is 11.0 Å². The molecular weight excluding hydrogens is 711 g/mol. The Hall–Kier alpha value is -6.91. The summed E-state index contributed by atoms with van der Waals surface area (Å²) in [5.74, 6) is 0.626. The van der Waals surface area contributed by atoms with Crippen molar-refractivity contribution in [2.24, 2.45) is 0 Å². The summed E-state index contributed by atoms with van der Waals surface area (Å²) in [6.45, 7) is 0. The van der Waals surface area contributed by atoms with Crippen molar-refractivity contribution in [3.05, 3.63) is 164 Å². The minimum absolute atomic E-state index is 0.155. The van der Waals surface area contributed by atoms with Gasteiger partial charge >= 0.3 is 0 Å². The number of hydrogen-bond donors (Lipinski definition) is 0. The first-order valence-electron chi connectivity index (χ1n) is 19.4. The normalized spacial score (nSPS) is 11.7. The van der Waals surface area contributed by atoms with Crippen molar-refractivity contribution in [3.63, 3.8) is 0 Å². The molecule has 3 nitrogen and oxygen atoms in total. The molecule has 11 aromatic rings. The number of rotatable bonds is 5. The Labute approximate surface area is 347 Å². The van der Waals surface area contributed by atoms with Crippen molar-refractivity contribution in [3.8, 4) is 50.5 Å². The van der Waals surface area contributed by atoms with E-state index in [0.29, 0.717) is 11.5 Å². The molecule has 8 heteroatoms. The summed E-state index contributed by atoms with van der Waals surface area (Å²) in [5.41, 5.74) is 12.0. The standard InChI is InChI=1S/C51H27B5N2O/c52-45-46(53)48(55)50(49(56)47(45)54)58-39-22-10-9-21-38(39)57-51(58)34-18-7-6-17-32(34)42-30-15-4-5-16-31(30)43(37-27-29(25-26-33(37)42)28-13-2-1-3-14-28)36-20-12-24-41-44(36)35-19-8-11-23-40(35)59-41/h1-27H. The van der Waals surface area contributed by atoms with Crippen LogP contribution in [0, 0.1) is 0 Å². The predicted molar refractivity (Wildman–Crippen MR) is 252 cm³/mol. The van der Waals surface area contributed by atoms with E-state index in [9.17, 15) is 0 Å². The van der Waals surface area contributed by atoms with E-state index in [4.69, 9.17) is 48.6 Å². The lowest BCUT2D eigenvalue weighted by Crippen LogP contribution is -2.56. The molecule has 0 aliphatic heterocycles. The van der Waals surface area contributed by atoms with Crippen molar-refractivity contribution in [2.45, 2.75) is 0 Å². The van der Waals surface area contributed by atoms with Crippen molar-refractivity contribution < 1.29 is 4.42 Å². The molecule has 59 heavy (non-hydrogen) atoms. The van der Waals surface area contributed by atoms with E-state index in [0.717, 1.165) is 93.5 Å². The average Bonchev–Trinajstić information content (AvgIpc) is 3.86. The summed E-state index contributed by atoms with van der Waals surface area (Å²) in [4.78, 5) is 5.27. The molecule has 262 valence electrons. The van der Waals surface area contributed by atoms with Crippen LogP contribution >= 0.6 is 0 Å². The van der Waals surface area contributed by atoms with Crippen molar-refractivity contribution in [1.82, 2.24) is 9.55 Å². The number of furan rings is 1. The molecule has 0 saturated carbocycles. The zero-order chi connectivity index (χ0) is 39.9. The molecule has 0 N–H and O–H groups in total. The van der Waals surface area contributed by atoms with Gasteiger partial charge in [-0.2, -0.15) is 0 Å². The summed E-state index contributed by atoms with van der Waals surface area (Å²) in [7, 11) is 32.8. The zero-order valence-corrected chi connectivity index (χ0v) is 31.8. The highest BCUT2D eigenvalue weighted by Gasteiger charge is 2.25. The van der Waals surface area contributed by atoms with Gasteiger partial charge in [0.2, 0.25) is 0 Å². The second-order valence-corrected chi connectivity index (χ2v) is 14.9. The molecule has 11 rings (SSSR count). The predicted octanol–water partition coefficient (Wildman–Crippen LogP) is 7.87. The fourth-order valence-corrected chi connectivity index (χ4v) is 8.96. The van der Waals surface area contributed by atoms with E-state index < -0.39 is 0 Å². The van der Waals surface area contributed by atoms with Crippen LogP contribution in [0.5, 0.6) is 0 Å². The number of para-hydroxylation sites is 3. The van der Waals surface area contributed by atoms with Gasteiger partial charge in [-0.3, -0.25) is 4.57 Å². The Balaban J connectivity index is 1.28. The number of hydrogen-bond acceptors (Lipinski definition) is 2. The van der Waals surface area contributed by atoms with Gasteiger partial charge in [0.25, 0.3) is 0 Å². The minimum atomic E-state index is 0.155. The van der Waals surface area contributed by atoms with Gasteiger partial charge < -0.3 is 4.42 Å². The quantitative estimate of drug-likeness (QED) is 0.133. The summed E-state index contributed by atoms with van der Waals surface area (Å²) >= 11 is 0. The smallest absolute Gasteiger partial charge is 0.146 e. The number of fused-ring (bicyclic) bond motifs is 6. The Morgan fingerprint density at radius 1 is 0.407 bits per heavy atom. The van der Waals surface area contributed by atoms with E-state index in [1.807, 2.05) is 53.1 Å². The molecule has 0 spiro atoms. The van der Waals surface area contributed by atoms with Gasteiger partial charge in [0.1, 0.15) is 56.2 Å². The fraction of sp³-hybridized carbons (Fsp3) is 0. The highest BCUT2D eigenvalue weighted by atomic mass is 16.3. The van der Waals surface area contributed by atoms with Crippen LogP contribution in [0.25, 0.3) is 105 Å². The van der Waals surface area contributed by atoms with Crippen LogP contribution in [0.15, 0.2) is 168 Å². The van der Waals surface area contributed by atoms with E-state index in [-0.39, 0.29) is 27.3 Å². The lowest BCUT2D eigenvalue weighted by Gasteiger charge is -2.24. The fourth-order valence-electron chi connectivity index (χ4n) is 8.96. The van der Waals surface area contributed by atoms with E-state index >= 15 is 0 Å². The van der Waals surface area contributed by atoms with Crippen molar-refractivity contribution in [2.75, 3.05) is 0 Å². The zero-order valence-electron chi connectivity index (χ0n) is 31.8. The molecular formula is C51H27B5N2O. The summed E-state index contributed by atoms with van der Waals surface area (Å²) in [5, 5.41) is 6.53. The number of aromatic nitrogens is 2. The third kappa shape index (κ3) is 5.32. The van der Waals surface area contributed by atoms with Crippen LogP contribution in [-0.2, 0) is 0 Å². The molecule has 2 aromatic heterocycles. The molecule has 0 saturated heterocycles. The van der Waals surface area contributed by atoms with Crippen LogP contribution in [0.4, 0.5) is 0 Å². The minimum Gasteiger partial charge on any atom is -0.456 e. The second kappa shape index (κ2) is 13.6. The molecule has 0 aliphatic carbocycles. The van der Waals surface area contributed by atoms with Gasteiger partial charge in [-0.15, -0.1) is 16.4 Å². The molecule has 0 bridgehead atoms. The van der Waals surface area contributed by atoms with Crippen molar-refractivity contribution in [1.29, 1.82) is 0 Å². The third-order valence-corrected chi connectivity index (χ3v) is 11.7. The lowest BCUT2D eigenvalue weighted by molar-refractivity contribution is 0.669. The van der Waals surface area contributed by atoms with Crippen LogP contribution < -0.4 is 27.3 Å². The molecule has 10 radical (unpaired) electrons. The topological polar surface area (TPSA) is 31.0 Å². The SMILES string of the molecule is [B]c1c([B])c([B])c(-n2c(-c3ccccc3-c3c4ccccc4c(-c4cccc5oc6ccccc6c45)c4cc(-c5ccccc5)ccc34)nc3ccccc32)c([B])c1[B]. The molecule has 0 amide bonds. The maximum absolute atomic E-state index is 6.78. The largest absolute Gasteiger partial charge is 0.456 e. The maximum atomic E-state index is 6.78. The molecule has 9 aromatic carbocycles. The first-order chi connectivity index (χ1) is 28.9. The summed E-state index contributed by atoms with van der Waals surface area (Å²) in [6.07, 6.45) is 0. The van der Waals surface area contributed by atoms with Crippen LogP contribution in [0.2, 0.25) is 0 Å². The Kier molecular flexibility index (Phi) is 8.13. The van der Waals surface area contributed by atoms with E-state index in [1.54, 1.807) is 0 Å². The maximum Gasteiger partial charge on any atom is 0.146 e. The molecule has 0 aliphatic rings. The van der Waals surface area contributed by atoms with E-state index in [1.165, 1.54) is 0 Å². The highest BCUT2D eigenvalue weighted by molar-refractivity contribution is 6.68. The van der Waals surface area contributed by atoms with Crippen LogP contribution in [0.3, 0.4) is 0 Å². The monoisotopic (exact) mass is 738 g/mol. The lowest BCUT2D eigenvalue weighted by atomic mass is 9.61. The number of imidazole rings is 1. The summed E-state index contributed by atoms with van der Waals surface area (Å²) < 4.78 is 8.41. The Morgan fingerprint density at radius 3 is 1.73 bits per heavy atom. The first kappa shape index (κ1) is 35.3. The summed E-state index contributed by atoms with van der Waals surface area (Å²) in [6, 6.07) is 56.8. The highest BCUT2D eigenvalue weighted by Crippen LogP contribution is 2.49. The van der Waals surface area contributed by atoms with Crippen LogP contribution in [0.1, 0.15) is 0 Å². The third-order valence-electron chi connectivity index (χ3n) is 11.7. The van der Waals surface area contributed by atoms with Gasteiger partial charge in [0.15, 0.2) is 0 Å². The molecule has 2 heterocycles. The number of benzene rings is 9. The van der Waals surface area contributed by atoms with Gasteiger partial charge in [0, 0.05) is 22.0 Å². The van der Waals surface area contributed by atoms with Gasteiger partial charge in [-0.25, -0.2) is 4.98 Å². The number of nitrogens with zero attached hydrogens (tertiary/aromatic N) is 2. The first-order valence-corrected chi connectivity index (χ1v) is 19.4. The van der Waals surface area contributed by atoms with Crippen molar-refractivity contribution >= 4 is 121 Å². The van der Waals surface area contributed by atoms with Gasteiger partial charge in [-0.1, -0.05) is 144 Å². The van der Waals surface area contributed by atoms with Gasteiger partial charge in [-0.05, 0) is 85.3 Å². The average molecular weight is 738 g/mol. The molecule has 0 unspecified atom stereocenters. The molecule has 0 atom stereocenters. The Morgan fingerprint density at radius 2 is 0.966 bits per heavy atom.